The van der Waals surface area contributed by atoms with Crippen LogP contribution in [0.3, 0.4) is 0 Å². The molecule has 6 heteroatoms. The lowest BCUT2D eigenvalue weighted by atomic mass is 10.0. The highest BCUT2D eigenvalue weighted by atomic mass is 16.5. The van der Waals surface area contributed by atoms with Gasteiger partial charge in [-0.2, -0.15) is 5.10 Å². The number of hydrogen-bond donors (Lipinski definition) is 1. The van der Waals surface area contributed by atoms with E-state index in [2.05, 4.69) is 10.4 Å². The molecule has 0 aliphatic carbocycles. The molecule has 0 spiro atoms. The first-order valence-corrected chi connectivity index (χ1v) is 9.56. The summed E-state index contributed by atoms with van der Waals surface area (Å²) in [6, 6.07) is 22.2. The average Bonchev–Trinajstić information content (AvgIpc) is 2.77. The van der Waals surface area contributed by atoms with E-state index in [9.17, 15) is 9.59 Å². The van der Waals surface area contributed by atoms with Crippen LogP contribution < -0.4 is 15.6 Å². The molecule has 0 atom stereocenters. The molecule has 30 heavy (non-hydrogen) atoms. The minimum Gasteiger partial charge on any atom is -0.497 e. The number of hydrogen-bond acceptors (Lipinski definition) is 4. The van der Waals surface area contributed by atoms with E-state index in [0.29, 0.717) is 22.5 Å². The van der Waals surface area contributed by atoms with E-state index in [-0.39, 0.29) is 18.0 Å². The van der Waals surface area contributed by atoms with Crippen molar-refractivity contribution >= 4 is 22.4 Å². The molecule has 4 rings (SSSR count). The third kappa shape index (κ3) is 3.93. The number of methoxy groups -OCH3 is 1. The second kappa shape index (κ2) is 8.21. The number of ether oxygens (including phenoxy) is 1. The van der Waals surface area contributed by atoms with Gasteiger partial charge in [0.2, 0.25) is 5.91 Å². The molecular formula is C24H21N3O3. The lowest BCUT2D eigenvalue weighted by molar-refractivity contribution is -0.117. The van der Waals surface area contributed by atoms with Gasteiger partial charge in [0.15, 0.2) is 0 Å². The molecule has 3 aromatic carbocycles. The van der Waals surface area contributed by atoms with E-state index in [4.69, 9.17) is 4.74 Å². The molecule has 1 aromatic heterocycles. The predicted molar refractivity (Wildman–Crippen MR) is 118 cm³/mol. The van der Waals surface area contributed by atoms with Crippen LogP contribution in [0.4, 0.5) is 5.69 Å². The largest absolute Gasteiger partial charge is 0.497 e. The number of benzene rings is 3. The summed E-state index contributed by atoms with van der Waals surface area (Å²) in [5.74, 6) is 0.364. The highest BCUT2D eigenvalue weighted by Gasteiger charge is 2.14. The second-order valence-electron chi connectivity index (χ2n) is 7.00. The van der Waals surface area contributed by atoms with Gasteiger partial charge >= 0.3 is 0 Å². The number of nitrogens with zero attached hydrogens (tertiary/aromatic N) is 2. The highest BCUT2D eigenvalue weighted by molar-refractivity contribution is 5.94. The zero-order valence-corrected chi connectivity index (χ0v) is 16.8. The van der Waals surface area contributed by atoms with Gasteiger partial charge < -0.3 is 10.1 Å². The number of amides is 1. The third-order valence-electron chi connectivity index (χ3n) is 4.86. The Morgan fingerprint density at radius 2 is 1.63 bits per heavy atom. The fourth-order valence-corrected chi connectivity index (χ4v) is 3.28. The van der Waals surface area contributed by atoms with Gasteiger partial charge in [-0.05, 0) is 37.3 Å². The number of anilines is 1. The molecule has 0 bridgehead atoms. The summed E-state index contributed by atoms with van der Waals surface area (Å²) in [4.78, 5) is 25.5. The first kappa shape index (κ1) is 19.4. The number of aromatic nitrogens is 2. The molecule has 4 aromatic rings. The van der Waals surface area contributed by atoms with E-state index in [1.54, 1.807) is 37.4 Å². The van der Waals surface area contributed by atoms with Crippen LogP contribution in [-0.4, -0.2) is 22.8 Å². The van der Waals surface area contributed by atoms with Crippen molar-refractivity contribution in [2.75, 3.05) is 12.4 Å². The van der Waals surface area contributed by atoms with Crippen LogP contribution in [0.15, 0.2) is 77.6 Å². The van der Waals surface area contributed by atoms with Gasteiger partial charge in [0.05, 0.1) is 18.2 Å². The Bertz CT molecular complexity index is 1260. The van der Waals surface area contributed by atoms with Crippen LogP contribution >= 0.6 is 0 Å². The zero-order chi connectivity index (χ0) is 21.1. The van der Waals surface area contributed by atoms with Crippen molar-refractivity contribution in [1.29, 1.82) is 0 Å². The Morgan fingerprint density at radius 1 is 0.967 bits per heavy atom. The van der Waals surface area contributed by atoms with Crippen LogP contribution in [-0.2, 0) is 11.3 Å². The molecule has 0 unspecified atom stereocenters. The van der Waals surface area contributed by atoms with Gasteiger partial charge in [-0.3, -0.25) is 9.59 Å². The van der Waals surface area contributed by atoms with Crippen molar-refractivity contribution in [2.24, 2.45) is 0 Å². The number of rotatable bonds is 5. The molecule has 0 saturated heterocycles. The zero-order valence-electron chi connectivity index (χ0n) is 16.8. The molecule has 1 N–H and O–H groups in total. The summed E-state index contributed by atoms with van der Waals surface area (Å²) in [5, 5.41) is 8.61. The van der Waals surface area contributed by atoms with Gasteiger partial charge in [0.1, 0.15) is 12.3 Å². The SMILES string of the molecule is COc1ccc(NC(=O)Cn2nc(-c3ccc(C)cc3)c3ccccc3c2=O)cc1. The van der Waals surface area contributed by atoms with Crippen LogP contribution in [0.2, 0.25) is 0 Å². The number of nitrogens with one attached hydrogen (secondary N) is 1. The monoisotopic (exact) mass is 399 g/mol. The lowest BCUT2D eigenvalue weighted by Crippen LogP contribution is -2.30. The predicted octanol–water partition coefficient (Wildman–Crippen LogP) is 4.02. The minimum absolute atomic E-state index is 0.186. The van der Waals surface area contributed by atoms with Crippen LogP contribution in [0, 0.1) is 6.92 Å². The van der Waals surface area contributed by atoms with Crippen LogP contribution in [0.1, 0.15) is 5.56 Å². The maximum atomic E-state index is 12.9. The van der Waals surface area contributed by atoms with Crippen LogP contribution in [0.25, 0.3) is 22.0 Å². The maximum Gasteiger partial charge on any atom is 0.275 e. The molecule has 0 aliphatic heterocycles. The summed E-state index contributed by atoms with van der Waals surface area (Å²) in [7, 11) is 1.58. The van der Waals surface area contributed by atoms with Crippen molar-refractivity contribution in [3.05, 3.63) is 88.7 Å². The van der Waals surface area contributed by atoms with E-state index in [1.165, 1.54) is 4.68 Å². The fourth-order valence-electron chi connectivity index (χ4n) is 3.28. The van der Waals surface area contributed by atoms with E-state index in [1.807, 2.05) is 49.4 Å². The van der Waals surface area contributed by atoms with Gasteiger partial charge in [-0.1, -0.05) is 48.0 Å². The maximum absolute atomic E-state index is 12.9. The quantitative estimate of drug-likeness (QED) is 0.550. The van der Waals surface area contributed by atoms with Gasteiger partial charge in [0.25, 0.3) is 5.56 Å². The molecule has 150 valence electrons. The molecule has 0 aliphatic rings. The molecule has 6 nitrogen and oxygen atoms in total. The Labute approximate surface area is 173 Å². The van der Waals surface area contributed by atoms with Gasteiger partial charge in [-0.15, -0.1) is 0 Å². The Hall–Kier alpha value is -3.93. The Kier molecular flexibility index (Phi) is 5.30. The molecule has 0 fully saturated rings. The number of carbonyl (C=O) groups excluding carboxylic acids is 1. The summed E-state index contributed by atoms with van der Waals surface area (Å²) in [6.45, 7) is 1.83. The molecule has 0 radical (unpaired) electrons. The number of aryl methyl sites for hydroxylation is 1. The minimum atomic E-state index is -0.333. The van der Waals surface area contributed by atoms with Gasteiger partial charge in [-0.25, -0.2) is 4.68 Å². The summed E-state index contributed by atoms with van der Waals surface area (Å²) < 4.78 is 6.34. The highest BCUT2D eigenvalue weighted by Crippen LogP contribution is 2.25. The number of carbonyl (C=O) groups is 1. The van der Waals surface area contributed by atoms with Crippen LogP contribution in [0.5, 0.6) is 5.75 Å². The summed E-state index contributed by atoms with van der Waals surface area (Å²) in [5.41, 5.74) is 3.01. The Balaban J connectivity index is 1.69. The topological polar surface area (TPSA) is 73.2 Å². The normalized spacial score (nSPS) is 10.7. The molecule has 0 saturated carbocycles. The Morgan fingerprint density at radius 3 is 2.30 bits per heavy atom. The van der Waals surface area contributed by atoms with E-state index < -0.39 is 0 Å². The van der Waals surface area contributed by atoms with Crippen molar-refractivity contribution in [3.8, 4) is 17.0 Å². The van der Waals surface area contributed by atoms with Crippen molar-refractivity contribution in [1.82, 2.24) is 9.78 Å². The summed E-state index contributed by atoms with van der Waals surface area (Å²) >= 11 is 0. The smallest absolute Gasteiger partial charge is 0.275 e. The standard InChI is InChI=1S/C24H21N3O3/c1-16-7-9-17(10-8-16)23-20-5-3-4-6-21(20)24(29)27(26-23)15-22(28)25-18-11-13-19(30-2)14-12-18/h3-14H,15H2,1-2H3,(H,25,28). The molecule has 1 amide bonds. The van der Waals surface area contributed by atoms with Crippen molar-refractivity contribution < 1.29 is 9.53 Å². The first-order chi connectivity index (χ1) is 14.5. The molecular weight excluding hydrogens is 378 g/mol. The van der Waals surface area contributed by atoms with E-state index in [0.717, 1.165) is 16.5 Å². The average molecular weight is 399 g/mol. The van der Waals surface area contributed by atoms with Crippen molar-refractivity contribution in [2.45, 2.75) is 13.5 Å². The lowest BCUT2D eigenvalue weighted by Gasteiger charge is -2.12. The second-order valence-corrected chi connectivity index (χ2v) is 7.00. The first-order valence-electron chi connectivity index (χ1n) is 9.56. The third-order valence-corrected chi connectivity index (χ3v) is 4.86. The van der Waals surface area contributed by atoms with Crippen molar-refractivity contribution in [3.63, 3.8) is 0 Å². The van der Waals surface area contributed by atoms with E-state index >= 15 is 0 Å². The fraction of sp³-hybridized carbons (Fsp3) is 0.125. The number of fused-ring (bicyclic) bond motifs is 1. The molecule has 1 heterocycles. The van der Waals surface area contributed by atoms with Gasteiger partial charge in [0, 0.05) is 16.6 Å². The summed E-state index contributed by atoms with van der Waals surface area (Å²) in [6.07, 6.45) is 0.